The number of hydrogen-bond acceptors (Lipinski definition) is 7. The smallest absolute Gasteiger partial charge is 0.255 e. The van der Waals surface area contributed by atoms with Crippen molar-refractivity contribution in [3.8, 4) is 11.5 Å². The molecule has 0 spiro atoms. The third-order valence-electron chi connectivity index (χ3n) is 4.54. The molecule has 1 aromatic carbocycles. The van der Waals surface area contributed by atoms with Crippen LogP contribution in [0.5, 0.6) is 11.5 Å². The number of aliphatic hydroxyl groups excluding tert-OH is 3. The van der Waals surface area contributed by atoms with Crippen molar-refractivity contribution in [2.24, 2.45) is 5.92 Å². The Morgan fingerprint density at radius 3 is 2.62 bits per heavy atom. The van der Waals surface area contributed by atoms with E-state index < -0.39 is 18.3 Å². The van der Waals surface area contributed by atoms with Crippen molar-refractivity contribution >= 4 is 12.0 Å². The molecule has 4 N–H and O–H groups in total. The van der Waals surface area contributed by atoms with Gasteiger partial charge >= 0.3 is 0 Å². The average molecular weight is 407 g/mol. The lowest BCUT2D eigenvalue weighted by Gasteiger charge is -2.21. The monoisotopic (exact) mass is 407 g/mol. The average Bonchev–Trinajstić information content (AvgIpc) is 2.72. The molecule has 0 radical (unpaired) electrons. The Labute approximate surface area is 170 Å². The van der Waals surface area contributed by atoms with E-state index in [4.69, 9.17) is 14.2 Å². The molecule has 0 bridgehead atoms. The van der Waals surface area contributed by atoms with Crippen LogP contribution in [-0.2, 0) is 4.74 Å². The van der Waals surface area contributed by atoms with Crippen molar-refractivity contribution in [2.45, 2.75) is 31.7 Å². The van der Waals surface area contributed by atoms with Crippen LogP contribution in [0.3, 0.4) is 0 Å². The summed E-state index contributed by atoms with van der Waals surface area (Å²) in [6, 6.07) is 3.28. The SMILES string of the molecule is COCOc1cc(OC)cc2c1C(=O)NC[C@H](C)/C=C\C(O)[C@@H](O)[C@@H](O)CC=C2. The number of ether oxygens (including phenoxy) is 3. The van der Waals surface area contributed by atoms with Gasteiger partial charge in [-0.3, -0.25) is 4.79 Å². The number of carbonyl (C=O) groups is 1. The highest BCUT2D eigenvalue weighted by molar-refractivity contribution is 6.00. The summed E-state index contributed by atoms with van der Waals surface area (Å²) in [5.41, 5.74) is 0.831. The molecule has 0 aromatic heterocycles. The molecule has 1 heterocycles. The Kier molecular flexibility index (Phi) is 8.66. The fraction of sp³-hybridized carbons (Fsp3) is 0.476. The minimum atomic E-state index is -1.33. The van der Waals surface area contributed by atoms with Crippen molar-refractivity contribution in [1.29, 1.82) is 0 Å². The first-order chi connectivity index (χ1) is 13.9. The van der Waals surface area contributed by atoms with Crippen LogP contribution < -0.4 is 14.8 Å². The van der Waals surface area contributed by atoms with Gasteiger partial charge in [-0.1, -0.05) is 31.2 Å². The van der Waals surface area contributed by atoms with Gasteiger partial charge < -0.3 is 34.8 Å². The fourth-order valence-electron chi connectivity index (χ4n) is 2.87. The van der Waals surface area contributed by atoms with E-state index in [1.165, 1.54) is 20.3 Å². The molecule has 0 fully saturated rings. The van der Waals surface area contributed by atoms with Crippen molar-refractivity contribution in [2.75, 3.05) is 27.6 Å². The first kappa shape index (κ1) is 22.9. The van der Waals surface area contributed by atoms with Gasteiger partial charge in [-0.15, -0.1) is 0 Å². The molecule has 0 saturated heterocycles. The van der Waals surface area contributed by atoms with Gasteiger partial charge in [-0.05, 0) is 24.0 Å². The van der Waals surface area contributed by atoms with E-state index in [9.17, 15) is 20.1 Å². The minimum Gasteiger partial charge on any atom is -0.497 e. The number of methoxy groups -OCH3 is 2. The maximum Gasteiger partial charge on any atom is 0.255 e. The number of nitrogens with one attached hydrogen (secondary N) is 1. The molecule has 8 nitrogen and oxygen atoms in total. The zero-order valence-electron chi connectivity index (χ0n) is 16.9. The number of fused-ring (bicyclic) bond motifs is 1. The molecule has 1 aliphatic heterocycles. The van der Waals surface area contributed by atoms with Crippen LogP contribution in [0.15, 0.2) is 30.4 Å². The number of carbonyl (C=O) groups excluding carboxylic acids is 1. The third-order valence-corrected chi connectivity index (χ3v) is 4.54. The highest BCUT2D eigenvalue weighted by Gasteiger charge is 2.23. The van der Waals surface area contributed by atoms with E-state index in [-0.39, 0.29) is 25.0 Å². The molecule has 1 aromatic rings. The van der Waals surface area contributed by atoms with Gasteiger partial charge in [0, 0.05) is 19.7 Å². The summed E-state index contributed by atoms with van der Waals surface area (Å²) in [7, 11) is 2.98. The quantitative estimate of drug-likeness (QED) is 0.436. The van der Waals surface area contributed by atoms with Crippen LogP contribution >= 0.6 is 0 Å². The van der Waals surface area contributed by atoms with Crippen LogP contribution in [0.1, 0.15) is 29.3 Å². The Morgan fingerprint density at radius 2 is 1.93 bits per heavy atom. The third kappa shape index (κ3) is 6.30. The van der Waals surface area contributed by atoms with Gasteiger partial charge in [-0.25, -0.2) is 0 Å². The van der Waals surface area contributed by atoms with E-state index in [0.29, 0.717) is 29.2 Å². The predicted molar refractivity (Wildman–Crippen MR) is 108 cm³/mol. The predicted octanol–water partition coefficient (Wildman–Crippen LogP) is 1.10. The Morgan fingerprint density at radius 1 is 1.17 bits per heavy atom. The second kappa shape index (κ2) is 11.0. The molecule has 8 heteroatoms. The van der Waals surface area contributed by atoms with E-state index in [1.807, 2.05) is 6.92 Å². The topological polar surface area (TPSA) is 117 Å². The van der Waals surface area contributed by atoms with E-state index in [0.717, 1.165) is 0 Å². The van der Waals surface area contributed by atoms with Crippen LogP contribution in [-0.4, -0.2) is 67.1 Å². The van der Waals surface area contributed by atoms with Gasteiger partial charge in [0.05, 0.1) is 18.8 Å². The largest absolute Gasteiger partial charge is 0.497 e. The van der Waals surface area contributed by atoms with Gasteiger partial charge in [-0.2, -0.15) is 0 Å². The number of amides is 1. The molecule has 1 aliphatic rings. The summed E-state index contributed by atoms with van der Waals surface area (Å²) in [6.45, 7) is 2.12. The van der Waals surface area contributed by atoms with Crippen LogP contribution in [0, 0.1) is 5.92 Å². The number of benzene rings is 1. The normalized spacial score (nSPS) is 26.8. The summed E-state index contributed by atoms with van der Waals surface area (Å²) in [5, 5.41) is 33.1. The molecule has 29 heavy (non-hydrogen) atoms. The molecule has 4 atom stereocenters. The van der Waals surface area contributed by atoms with Crippen molar-refractivity contribution < 1.29 is 34.3 Å². The van der Waals surface area contributed by atoms with Crippen molar-refractivity contribution in [1.82, 2.24) is 5.32 Å². The summed E-state index contributed by atoms with van der Waals surface area (Å²) < 4.78 is 15.8. The van der Waals surface area contributed by atoms with Gasteiger partial charge in [0.2, 0.25) is 0 Å². The summed E-state index contributed by atoms with van der Waals surface area (Å²) in [4.78, 5) is 12.9. The van der Waals surface area contributed by atoms with Crippen molar-refractivity contribution in [3.63, 3.8) is 0 Å². The molecule has 160 valence electrons. The minimum absolute atomic E-state index is 0.0431. The van der Waals surface area contributed by atoms with Gasteiger partial charge in [0.25, 0.3) is 5.91 Å². The lowest BCUT2D eigenvalue weighted by Crippen LogP contribution is -2.36. The first-order valence-corrected chi connectivity index (χ1v) is 9.38. The Hall–Kier alpha value is -2.39. The standard InChI is InChI=1S/C21H29NO7/c1-13-7-8-17(24)20(25)16(23)6-4-5-14-9-15(28-3)10-18(29-12-27-2)19(14)21(26)22-11-13/h4-5,7-10,13,16-17,20,23-25H,6,11-12H2,1-3H3,(H,22,26)/b5-4?,8-7-/t13-,16+,17?,20+/m1/s1. The summed E-state index contributed by atoms with van der Waals surface area (Å²) in [5.74, 6) is 0.341. The van der Waals surface area contributed by atoms with Gasteiger partial charge in [0.15, 0.2) is 6.79 Å². The lowest BCUT2D eigenvalue weighted by molar-refractivity contribution is -0.0394. The zero-order chi connectivity index (χ0) is 21.4. The van der Waals surface area contributed by atoms with E-state index >= 15 is 0 Å². The molecule has 2 rings (SSSR count). The summed E-state index contributed by atoms with van der Waals surface area (Å²) in [6.07, 6.45) is 2.73. The van der Waals surface area contributed by atoms with E-state index in [2.05, 4.69) is 5.32 Å². The molecule has 0 aliphatic carbocycles. The van der Waals surface area contributed by atoms with Crippen LogP contribution in [0.2, 0.25) is 0 Å². The van der Waals surface area contributed by atoms with Crippen molar-refractivity contribution in [3.05, 3.63) is 41.5 Å². The maximum absolute atomic E-state index is 12.9. The van der Waals surface area contributed by atoms with E-state index in [1.54, 1.807) is 30.4 Å². The molecule has 1 amide bonds. The highest BCUT2D eigenvalue weighted by Crippen LogP contribution is 2.30. The second-order valence-electron chi connectivity index (χ2n) is 6.90. The van der Waals surface area contributed by atoms with Crippen LogP contribution in [0.25, 0.3) is 6.08 Å². The Balaban J connectivity index is 2.48. The number of hydrogen-bond donors (Lipinski definition) is 4. The highest BCUT2D eigenvalue weighted by atomic mass is 16.7. The zero-order valence-corrected chi connectivity index (χ0v) is 16.9. The molecule has 0 saturated carbocycles. The molecule has 1 unspecified atom stereocenters. The number of rotatable bonds is 4. The maximum atomic E-state index is 12.9. The lowest BCUT2D eigenvalue weighted by atomic mass is 9.99. The van der Waals surface area contributed by atoms with Crippen LogP contribution in [0.4, 0.5) is 0 Å². The van der Waals surface area contributed by atoms with Gasteiger partial charge in [0.1, 0.15) is 23.7 Å². The molecular weight excluding hydrogens is 378 g/mol. The second-order valence-corrected chi connectivity index (χ2v) is 6.90. The molecular formula is C21H29NO7. The first-order valence-electron chi connectivity index (χ1n) is 9.38. The number of aliphatic hydroxyl groups is 3. The Bertz CT molecular complexity index is 747. The fourth-order valence-corrected chi connectivity index (χ4v) is 2.87. The summed E-state index contributed by atoms with van der Waals surface area (Å²) >= 11 is 0.